The minimum atomic E-state index is -0.0304. The van der Waals surface area contributed by atoms with Crippen LogP contribution >= 0.6 is 0 Å². The van der Waals surface area contributed by atoms with E-state index in [1.165, 1.54) is 0 Å². The highest BCUT2D eigenvalue weighted by molar-refractivity contribution is 5.93. The fourth-order valence-corrected chi connectivity index (χ4v) is 4.37. The summed E-state index contributed by atoms with van der Waals surface area (Å²) in [6, 6.07) is 19.9. The molecule has 2 heterocycles. The molecule has 2 aliphatic rings. The first kappa shape index (κ1) is 21.2. The summed E-state index contributed by atoms with van der Waals surface area (Å²) in [6.45, 7) is 2.40. The van der Waals surface area contributed by atoms with Gasteiger partial charge in [-0.25, -0.2) is 4.68 Å². The van der Waals surface area contributed by atoms with Crippen LogP contribution in [0.25, 0.3) is 23.0 Å². The number of para-hydroxylation sites is 1. The van der Waals surface area contributed by atoms with Gasteiger partial charge in [0.05, 0.1) is 11.4 Å². The molecule has 0 radical (unpaired) electrons. The smallest absolute Gasteiger partial charge is 0.246 e. The lowest BCUT2D eigenvalue weighted by atomic mass is 9.84. The molecule has 0 bridgehead atoms. The van der Waals surface area contributed by atoms with Crippen molar-refractivity contribution in [2.75, 3.05) is 26.2 Å². The summed E-state index contributed by atoms with van der Waals surface area (Å²) in [5.41, 5.74) is 3.69. The third-order valence-electron chi connectivity index (χ3n) is 6.57. The van der Waals surface area contributed by atoms with E-state index in [-0.39, 0.29) is 17.7 Å². The summed E-state index contributed by atoms with van der Waals surface area (Å²) in [5.74, 6) is 0.451. The molecule has 2 fully saturated rings. The Bertz CT molecular complexity index is 1140. The monoisotopic (exact) mass is 440 g/mol. The quantitative estimate of drug-likeness (QED) is 0.563. The second kappa shape index (κ2) is 9.45. The van der Waals surface area contributed by atoms with Crippen molar-refractivity contribution in [1.29, 1.82) is 0 Å². The Hall–Kier alpha value is -3.67. The minimum absolute atomic E-state index is 0.0304. The number of aromatic nitrogens is 2. The maximum Gasteiger partial charge on any atom is 0.246 e. The Kier molecular flexibility index (Phi) is 6.07. The lowest BCUT2D eigenvalue weighted by Gasteiger charge is -2.37. The number of hydrogen-bond acceptors (Lipinski definition) is 3. The molecule has 6 nitrogen and oxygen atoms in total. The van der Waals surface area contributed by atoms with Gasteiger partial charge in [0, 0.05) is 55.5 Å². The summed E-state index contributed by atoms with van der Waals surface area (Å²) in [6.07, 6.45) is 8.62. The lowest BCUT2D eigenvalue weighted by molar-refractivity contribution is -0.142. The van der Waals surface area contributed by atoms with E-state index in [1.807, 2.05) is 87.4 Å². The zero-order valence-electron chi connectivity index (χ0n) is 18.6. The second-order valence-electron chi connectivity index (χ2n) is 8.69. The molecule has 1 aliphatic heterocycles. The van der Waals surface area contributed by atoms with Crippen LogP contribution in [0, 0.1) is 5.92 Å². The van der Waals surface area contributed by atoms with Crippen molar-refractivity contribution in [3.05, 3.63) is 78.5 Å². The van der Waals surface area contributed by atoms with Crippen LogP contribution in [0.5, 0.6) is 0 Å². The number of rotatable bonds is 5. The predicted molar refractivity (Wildman–Crippen MR) is 129 cm³/mol. The minimum Gasteiger partial charge on any atom is -0.339 e. The molecule has 6 heteroatoms. The van der Waals surface area contributed by atoms with E-state index in [9.17, 15) is 9.59 Å². The third kappa shape index (κ3) is 4.60. The van der Waals surface area contributed by atoms with Crippen LogP contribution in [0.4, 0.5) is 0 Å². The van der Waals surface area contributed by atoms with Gasteiger partial charge in [-0.15, -0.1) is 0 Å². The Morgan fingerprint density at radius 1 is 0.848 bits per heavy atom. The first-order chi connectivity index (χ1) is 16.2. The first-order valence-electron chi connectivity index (χ1n) is 11.7. The molecule has 0 N–H and O–H groups in total. The summed E-state index contributed by atoms with van der Waals surface area (Å²) in [7, 11) is 0. The van der Waals surface area contributed by atoms with Crippen molar-refractivity contribution in [3.8, 4) is 16.9 Å². The van der Waals surface area contributed by atoms with Crippen LogP contribution in [-0.2, 0) is 9.59 Å². The summed E-state index contributed by atoms with van der Waals surface area (Å²) in [5, 5.41) is 4.80. The van der Waals surface area contributed by atoms with Gasteiger partial charge in [0.25, 0.3) is 0 Å². The van der Waals surface area contributed by atoms with Crippen LogP contribution in [0.3, 0.4) is 0 Å². The average Bonchev–Trinajstić information content (AvgIpc) is 3.27. The van der Waals surface area contributed by atoms with Crippen molar-refractivity contribution in [1.82, 2.24) is 19.6 Å². The molecule has 33 heavy (non-hydrogen) atoms. The van der Waals surface area contributed by atoms with Crippen LogP contribution in [0.1, 0.15) is 24.8 Å². The number of piperazine rings is 1. The average molecular weight is 441 g/mol. The first-order valence-corrected chi connectivity index (χ1v) is 11.7. The van der Waals surface area contributed by atoms with Gasteiger partial charge >= 0.3 is 0 Å². The molecule has 3 aromatic rings. The van der Waals surface area contributed by atoms with Gasteiger partial charge < -0.3 is 9.80 Å². The van der Waals surface area contributed by atoms with E-state index in [1.54, 1.807) is 6.08 Å². The standard InChI is InChI=1S/C27H28N4O2/c32-25(29-16-18-30(19-17-29)27(33)22-10-7-11-22)15-14-23-20-31(24-12-5-2-6-13-24)28-26(23)21-8-3-1-4-9-21/h1-6,8-9,12-15,20,22H,7,10-11,16-19H2/b15-14+. The van der Waals surface area contributed by atoms with E-state index in [2.05, 4.69) is 0 Å². The number of carbonyl (C=O) groups excluding carboxylic acids is 2. The number of amides is 2. The fourth-order valence-electron chi connectivity index (χ4n) is 4.37. The Morgan fingerprint density at radius 2 is 1.48 bits per heavy atom. The second-order valence-corrected chi connectivity index (χ2v) is 8.69. The largest absolute Gasteiger partial charge is 0.339 e. The summed E-state index contributed by atoms with van der Waals surface area (Å²) in [4.78, 5) is 29.1. The van der Waals surface area contributed by atoms with Gasteiger partial charge in [0.2, 0.25) is 11.8 Å². The molecule has 1 aliphatic carbocycles. The lowest BCUT2D eigenvalue weighted by Crippen LogP contribution is -2.52. The summed E-state index contributed by atoms with van der Waals surface area (Å²) < 4.78 is 1.84. The predicted octanol–water partition coefficient (Wildman–Crippen LogP) is 4.02. The zero-order chi connectivity index (χ0) is 22.6. The molecule has 2 amide bonds. The van der Waals surface area contributed by atoms with Crippen molar-refractivity contribution in [3.63, 3.8) is 0 Å². The zero-order valence-corrected chi connectivity index (χ0v) is 18.6. The molecule has 1 aromatic heterocycles. The molecular formula is C27H28N4O2. The van der Waals surface area contributed by atoms with Crippen LogP contribution < -0.4 is 0 Å². The maximum atomic E-state index is 12.9. The van der Waals surface area contributed by atoms with Crippen molar-refractivity contribution in [2.24, 2.45) is 5.92 Å². The highest BCUT2D eigenvalue weighted by atomic mass is 16.2. The van der Waals surface area contributed by atoms with Crippen molar-refractivity contribution >= 4 is 17.9 Å². The van der Waals surface area contributed by atoms with Gasteiger partial charge in [-0.2, -0.15) is 5.10 Å². The normalized spacial score (nSPS) is 16.7. The topological polar surface area (TPSA) is 58.4 Å². The highest BCUT2D eigenvalue weighted by Crippen LogP contribution is 2.29. The molecule has 0 spiro atoms. The molecule has 1 saturated carbocycles. The van der Waals surface area contributed by atoms with E-state index < -0.39 is 0 Å². The van der Waals surface area contributed by atoms with Crippen LogP contribution in [-0.4, -0.2) is 57.6 Å². The van der Waals surface area contributed by atoms with E-state index in [0.29, 0.717) is 26.2 Å². The van der Waals surface area contributed by atoms with Crippen molar-refractivity contribution < 1.29 is 9.59 Å². The molecule has 0 unspecified atom stereocenters. The number of nitrogens with zero attached hydrogens (tertiary/aromatic N) is 4. The Morgan fingerprint density at radius 3 is 2.12 bits per heavy atom. The van der Waals surface area contributed by atoms with Crippen molar-refractivity contribution in [2.45, 2.75) is 19.3 Å². The number of benzene rings is 2. The molecule has 2 aromatic carbocycles. The van der Waals surface area contributed by atoms with Crippen LogP contribution in [0.15, 0.2) is 72.9 Å². The maximum absolute atomic E-state index is 12.9. The van der Waals surface area contributed by atoms with Crippen LogP contribution in [0.2, 0.25) is 0 Å². The summed E-state index contributed by atoms with van der Waals surface area (Å²) >= 11 is 0. The van der Waals surface area contributed by atoms with Gasteiger partial charge in [-0.3, -0.25) is 9.59 Å². The number of carbonyl (C=O) groups is 2. The van der Waals surface area contributed by atoms with Gasteiger partial charge in [0.1, 0.15) is 0 Å². The van der Waals surface area contributed by atoms with E-state index >= 15 is 0 Å². The molecule has 168 valence electrons. The third-order valence-corrected chi connectivity index (χ3v) is 6.57. The van der Waals surface area contributed by atoms with Gasteiger partial charge in [-0.05, 0) is 31.1 Å². The van der Waals surface area contributed by atoms with E-state index in [0.717, 1.165) is 41.8 Å². The SMILES string of the molecule is O=C(/C=C/c1cn(-c2ccccc2)nc1-c1ccccc1)N1CCN(C(=O)C2CCC2)CC1. The molecular weight excluding hydrogens is 412 g/mol. The highest BCUT2D eigenvalue weighted by Gasteiger charge is 2.31. The van der Waals surface area contributed by atoms with E-state index in [4.69, 9.17) is 5.10 Å². The fraction of sp³-hybridized carbons (Fsp3) is 0.296. The Labute approximate surface area is 194 Å². The molecule has 0 atom stereocenters. The molecule has 5 rings (SSSR count). The number of hydrogen-bond donors (Lipinski definition) is 0. The molecule has 1 saturated heterocycles. The van der Waals surface area contributed by atoms with Gasteiger partial charge in [0.15, 0.2) is 0 Å². The van der Waals surface area contributed by atoms with Gasteiger partial charge in [-0.1, -0.05) is 55.0 Å². The Balaban J connectivity index is 1.31.